The fraction of sp³-hybridized carbons (Fsp3) is 0.643. The van der Waals surface area contributed by atoms with Gasteiger partial charge >= 0.3 is 18.0 Å². The van der Waals surface area contributed by atoms with Gasteiger partial charge in [-0.05, 0) is 26.7 Å². The minimum Gasteiger partial charge on any atom is -0.463 e. The first-order valence-electron chi connectivity index (χ1n) is 7.28. The summed E-state index contributed by atoms with van der Waals surface area (Å²) in [5, 5.41) is 5.06. The van der Waals surface area contributed by atoms with Crippen LogP contribution in [-0.2, 0) is 23.8 Å². The minimum absolute atomic E-state index is 0.204. The SMILES string of the molecule is CCOC(=O)C1=C(COC(=O)[C@H]2CCCO2)NC(=O)N[C@@H]1C. The smallest absolute Gasteiger partial charge is 0.338 e. The molecular weight excluding hydrogens is 292 g/mol. The van der Waals surface area contributed by atoms with Crippen LogP contribution in [0.2, 0.25) is 0 Å². The summed E-state index contributed by atoms with van der Waals surface area (Å²) >= 11 is 0. The highest BCUT2D eigenvalue weighted by atomic mass is 16.6. The maximum Gasteiger partial charge on any atom is 0.338 e. The third-order valence-electron chi connectivity index (χ3n) is 3.42. The van der Waals surface area contributed by atoms with E-state index in [0.717, 1.165) is 6.42 Å². The number of amides is 2. The third-order valence-corrected chi connectivity index (χ3v) is 3.42. The highest BCUT2D eigenvalue weighted by Gasteiger charge is 2.31. The number of carbonyl (C=O) groups is 3. The van der Waals surface area contributed by atoms with Gasteiger partial charge in [0.05, 0.1) is 23.9 Å². The van der Waals surface area contributed by atoms with Crippen LogP contribution in [0, 0.1) is 0 Å². The van der Waals surface area contributed by atoms with Crippen molar-refractivity contribution in [1.29, 1.82) is 0 Å². The van der Waals surface area contributed by atoms with Gasteiger partial charge in [-0.1, -0.05) is 0 Å². The van der Waals surface area contributed by atoms with E-state index in [0.29, 0.717) is 13.0 Å². The molecule has 0 aromatic carbocycles. The first kappa shape index (κ1) is 16.3. The lowest BCUT2D eigenvalue weighted by atomic mass is 10.0. The molecule has 0 aliphatic carbocycles. The van der Waals surface area contributed by atoms with Gasteiger partial charge in [-0.2, -0.15) is 0 Å². The van der Waals surface area contributed by atoms with Crippen LogP contribution in [-0.4, -0.2) is 49.9 Å². The van der Waals surface area contributed by atoms with E-state index in [-0.39, 0.29) is 24.5 Å². The maximum atomic E-state index is 12.0. The molecule has 1 fully saturated rings. The van der Waals surface area contributed by atoms with Crippen molar-refractivity contribution >= 4 is 18.0 Å². The van der Waals surface area contributed by atoms with Gasteiger partial charge in [0.25, 0.3) is 0 Å². The molecule has 2 amide bonds. The normalized spacial score (nSPS) is 24.5. The molecule has 0 bridgehead atoms. The van der Waals surface area contributed by atoms with Crippen LogP contribution in [0.25, 0.3) is 0 Å². The van der Waals surface area contributed by atoms with Crippen LogP contribution in [0.3, 0.4) is 0 Å². The second-order valence-corrected chi connectivity index (χ2v) is 5.04. The fourth-order valence-electron chi connectivity index (χ4n) is 2.39. The number of hydrogen-bond acceptors (Lipinski definition) is 6. The van der Waals surface area contributed by atoms with E-state index < -0.39 is 30.1 Å². The molecule has 0 radical (unpaired) electrons. The molecule has 2 aliphatic rings. The molecule has 2 rings (SSSR count). The van der Waals surface area contributed by atoms with E-state index in [1.807, 2.05) is 0 Å². The number of nitrogens with one attached hydrogen (secondary N) is 2. The number of rotatable bonds is 5. The standard InChI is InChI=1S/C14H20N2O6/c1-3-20-13(18)11-8(2)15-14(19)16-9(11)7-22-12(17)10-5-4-6-21-10/h8,10H,3-7H2,1-2H3,(H2,15,16,19)/t8-,10-/m1/s1. The molecule has 0 spiro atoms. The van der Waals surface area contributed by atoms with E-state index in [2.05, 4.69) is 10.6 Å². The third kappa shape index (κ3) is 3.76. The predicted octanol–water partition coefficient (Wildman–Crippen LogP) is 0.227. The highest BCUT2D eigenvalue weighted by molar-refractivity contribution is 5.94. The molecule has 8 nitrogen and oxygen atoms in total. The zero-order valence-electron chi connectivity index (χ0n) is 12.6. The van der Waals surface area contributed by atoms with Crippen LogP contribution in [0.15, 0.2) is 11.3 Å². The topological polar surface area (TPSA) is 103 Å². The predicted molar refractivity (Wildman–Crippen MR) is 74.7 cm³/mol. The molecule has 0 aromatic rings. The molecular formula is C14H20N2O6. The van der Waals surface area contributed by atoms with E-state index in [4.69, 9.17) is 14.2 Å². The second-order valence-electron chi connectivity index (χ2n) is 5.04. The summed E-state index contributed by atoms with van der Waals surface area (Å²) in [6, 6.07) is -0.979. The van der Waals surface area contributed by atoms with Gasteiger partial charge in [0.1, 0.15) is 6.61 Å². The number of ether oxygens (including phenoxy) is 3. The molecule has 0 saturated carbocycles. The van der Waals surface area contributed by atoms with Gasteiger partial charge in [0.2, 0.25) is 0 Å². The lowest BCUT2D eigenvalue weighted by Gasteiger charge is -2.26. The van der Waals surface area contributed by atoms with E-state index >= 15 is 0 Å². The van der Waals surface area contributed by atoms with Crippen molar-refractivity contribution < 1.29 is 28.6 Å². The summed E-state index contributed by atoms with van der Waals surface area (Å²) in [4.78, 5) is 35.4. The zero-order valence-corrected chi connectivity index (χ0v) is 12.6. The maximum absolute atomic E-state index is 12.0. The van der Waals surface area contributed by atoms with E-state index in [1.165, 1.54) is 0 Å². The summed E-state index contributed by atoms with van der Waals surface area (Å²) in [6.45, 7) is 3.90. The van der Waals surface area contributed by atoms with Crippen molar-refractivity contribution in [3.05, 3.63) is 11.3 Å². The molecule has 0 aromatic heterocycles. The molecule has 2 N–H and O–H groups in total. The summed E-state index contributed by atoms with van der Waals surface area (Å²) in [5.41, 5.74) is 0.489. The quantitative estimate of drug-likeness (QED) is 0.704. The Morgan fingerprint density at radius 1 is 1.36 bits per heavy atom. The van der Waals surface area contributed by atoms with Crippen LogP contribution in [0.4, 0.5) is 4.79 Å². The molecule has 0 unspecified atom stereocenters. The second kappa shape index (κ2) is 7.26. The Hall–Kier alpha value is -2.09. The highest BCUT2D eigenvalue weighted by Crippen LogP contribution is 2.17. The Bertz CT molecular complexity index is 496. The number of carbonyl (C=O) groups excluding carboxylic acids is 3. The molecule has 2 aliphatic heterocycles. The monoisotopic (exact) mass is 312 g/mol. The lowest BCUT2D eigenvalue weighted by Crippen LogP contribution is -2.50. The lowest BCUT2D eigenvalue weighted by molar-refractivity contribution is -0.153. The van der Waals surface area contributed by atoms with Crippen molar-refractivity contribution in [3.63, 3.8) is 0 Å². The Morgan fingerprint density at radius 3 is 2.77 bits per heavy atom. The number of hydrogen-bond donors (Lipinski definition) is 2. The zero-order chi connectivity index (χ0) is 16.1. The number of esters is 2. The van der Waals surface area contributed by atoms with Crippen molar-refractivity contribution in [2.75, 3.05) is 19.8 Å². The van der Waals surface area contributed by atoms with Crippen molar-refractivity contribution in [1.82, 2.24) is 10.6 Å². The first-order chi connectivity index (χ1) is 10.5. The summed E-state index contributed by atoms with van der Waals surface area (Å²) < 4.78 is 15.3. The van der Waals surface area contributed by atoms with Crippen molar-refractivity contribution in [2.45, 2.75) is 38.8 Å². The average molecular weight is 312 g/mol. The molecule has 122 valence electrons. The molecule has 22 heavy (non-hydrogen) atoms. The fourth-order valence-corrected chi connectivity index (χ4v) is 2.39. The average Bonchev–Trinajstić information content (AvgIpc) is 2.98. The van der Waals surface area contributed by atoms with Crippen LogP contribution >= 0.6 is 0 Å². The van der Waals surface area contributed by atoms with Crippen molar-refractivity contribution in [2.24, 2.45) is 0 Å². The van der Waals surface area contributed by atoms with Crippen molar-refractivity contribution in [3.8, 4) is 0 Å². The Balaban J connectivity index is 2.07. The van der Waals surface area contributed by atoms with Gasteiger partial charge in [-0.15, -0.1) is 0 Å². The Kier molecular flexibility index (Phi) is 5.37. The molecule has 1 saturated heterocycles. The van der Waals surface area contributed by atoms with Crippen LogP contribution < -0.4 is 10.6 Å². The molecule has 2 heterocycles. The van der Waals surface area contributed by atoms with E-state index in [9.17, 15) is 14.4 Å². The minimum atomic E-state index is -0.568. The van der Waals surface area contributed by atoms with Crippen LogP contribution in [0.1, 0.15) is 26.7 Å². The molecule has 2 atom stereocenters. The van der Waals surface area contributed by atoms with Gasteiger partial charge in [0, 0.05) is 6.61 Å². The van der Waals surface area contributed by atoms with Gasteiger partial charge in [-0.25, -0.2) is 14.4 Å². The Labute approximate surface area is 128 Å². The Morgan fingerprint density at radius 2 is 2.14 bits per heavy atom. The first-order valence-corrected chi connectivity index (χ1v) is 7.28. The summed E-state index contributed by atoms with van der Waals surface area (Å²) in [5.74, 6) is -1.04. The summed E-state index contributed by atoms with van der Waals surface area (Å²) in [7, 11) is 0. The summed E-state index contributed by atoms with van der Waals surface area (Å²) in [6.07, 6.45) is 0.864. The van der Waals surface area contributed by atoms with E-state index in [1.54, 1.807) is 13.8 Å². The van der Waals surface area contributed by atoms with Gasteiger partial charge in [0.15, 0.2) is 6.10 Å². The largest absolute Gasteiger partial charge is 0.463 e. The van der Waals surface area contributed by atoms with Crippen LogP contribution in [0.5, 0.6) is 0 Å². The number of urea groups is 1. The molecule has 8 heteroatoms. The van der Waals surface area contributed by atoms with Gasteiger partial charge < -0.3 is 24.8 Å². The van der Waals surface area contributed by atoms with Gasteiger partial charge in [-0.3, -0.25) is 0 Å².